The summed E-state index contributed by atoms with van der Waals surface area (Å²) >= 11 is 0. The Balaban J connectivity index is 1.66. The van der Waals surface area contributed by atoms with Gasteiger partial charge in [0.25, 0.3) is 0 Å². The van der Waals surface area contributed by atoms with Crippen LogP contribution < -0.4 is 0 Å². The molecule has 0 saturated carbocycles. The predicted molar refractivity (Wildman–Crippen MR) is 186 cm³/mol. The number of ether oxygens (including phenoxy) is 2. The van der Waals surface area contributed by atoms with Crippen LogP contribution in [0.5, 0.6) is 0 Å². The van der Waals surface area contributed by atoms with E-state index in [1.165, 1.54) is 0 Å². The first-order valence-electron chi connectivity index (χ1n) is 18.1. The molecule has 10 heteroatoms. The molecule has 2 fully saturated rings. The molecule has 2 saturated heterocycles. The molecular weight excluding hydrogens is 612 g/mol. The van der Waals surface area contributed by atoms with Gasteiger partial charge >= 0.3 is 23.9 Å². The van der Waals surface area contributed by atoms with Crippen molar-refractivity contribution in [2.24, 2.45) is 10.8 Å². The van der Waals surface area contributed by atoms with Crippen molar-refractivity contribution in [3.05, 3.63) is 0 Å². The molecule has 0 aromatic heterocycles. The van der Waals surface area contributed by atoms with Gasteiger partial charge in [0.05, 0.1) is 33.0 Å². The van der Waals surface area contributed by atoms with Crippen LogP contribution in [0.2, 0.25) is 0 Å². The van der Waals surface area contributed by atoms with Crippen molar-refractivity contribution < 1.29 is 38.3 Å². The van der Waals surface area contributed by atoms with Gasteiger partial charge in [-0.1, -0.05) is 25.7 Å². The van der Waals surface area contributed by atoms with Crippen LogP contribution in [0.15, 0.2) is 0 Å². The van der Waals surface area contributed by atoms with Crippen molar-refractivity contribution in [2.75, 3.05) is 0 Å². The van der Waals surface area contributed by atoms with E-state index in [0.717, 1.165) is 38.5 Å². The number of piperidine rings is 2. The van der Waals surface area contributed by atoms with Gasteiger partial charge in [0.1, 0.15) is 12.2 Å². The second-order valence-electron chi connectivity index (χ2n) is 18.8. The van der Waals surface area contributed by atoms with Crippen LogP contribution in [0.1, 0.15) is 174 Å². The first-order chi connectivity index (χ1) is 21.7. The monoisotopic (exact) mass is 680 g/mol. The fourth-order valence-electron chi connectivity index (χ4n) is 7.18. The smallest absolute Gasteiger partial charge is 0.330 e. The highest BCUT2D eigenvalue weighted by atomic mass is 16.7. The summed E-state index contributed by atoms with van der Waals surface area (Å²) in [5.41, 5.74) is -3.13. The minimum absolute atomic E-state index is 0.181. The number of rotatable bonds is 13. The maximum Gasteiger partial charge on any atom is 0.330 e. The number of hydroxylamine groups is 4. The summed E-state index contributed by atoms with van der Waals surface area (Å²) in [6.45, 7) is 27.2. The SMILES string of the molecule is CC(C)(C)C(=O)ON1C(C)(C)CC(OC(=O)CCCCCCCCC(=O)OC2CC(C)(C)N(OC(=O)C(C)(C)C)C(C)(C)C2)CC1(C)C. The van der Waals surface area contributed by atoms with E-state index in [4.69, 9.17) is 19.1 Å². The van der Waals surface area contributed by atoms with Gasteiger partial charge in [-0.25, -0.2) is 9.59 Å². The van der Waals surface area contributed by atoms with Gasteiger partial charge in [-0.3, -0.25) is 9.59 Å². The fraction of sp³-hybridized carbons (Fsp3) is 0.895. The third kappa shape index (κ3) is 12.3. The number of carbonyl (C=O) groups excluding carboxylic acids is 4. The third-order valence-corrected chi connectivity index (χ3v) is 9.29. The molecule has 0 radical (unpaired) electrons. The lowest BCUT2D eigenvalue weighted by atomic mass is 9.80. The highest BCUT2D eigenvalue weighted by molar-refractivity contribution is 5.75. The summed E-state index contributed by atoms with van der Waals surface area (Å²) in [5.74, 6) is -0.915. The molecule has 0 amide bonds. The van der Waals surface area contributed by atoms with E-state index in [1.807, 2.05) is 96.9 Å². The van der Waals surface area contributed by atoms with Crippen molar-refractivity contribution in [1.29, 1.82) is 0 Å². The Morgan fingerprint density at radius 2 is 0.750 bits per heavy atom. The number of esters is 2. The lowest BCUT2D eigenvalue weighted by Gasteiger charge is -2.52. The molecule has 2 heterocycles. The lowest BCUT2D eigenvalue weighted by molar-refractivity contribution is -0.282. The Morgan fingerprint density at radius 3 is 1.00 bits per heavy atom. The van der Waals surface area contributed by atoms with E-state index in [9.17, 15) is 19.2 Å². The molecule has 10 nitrogen and oxygen atoms in total. The maximum absolute atomic E-state index is 12.7. The topological polar surface area (TPSA) is 112 Å². The molecule has 0 N–H and O–H groups in total. The van der Waals surface area contributed by atoms with Crippen LogP contribution in [0.4, 0.5) is 0 Å². The number of carbonyl (C=O) groups is 4. The molecule has 0 unspecified atom stereocenters. The van der Waals surface area contributed by atoms with Crippen LogP contribution in [0, 0.1) is 10.8 Å². The molecule has 0 bridgehead atoms. The van der Waals surface area contributed by atoms with E-state index < -0.39 is 33.0 Å². The highest BCUT2D eigenvalue weighted by Crippen LogP contribution is 2.42. The minimum Gasteiger partial charge on any atom is -0.462 e. The van der Waals surface area contributed by atoms with Crippen molar-refractivity contribution >= 4 is 23.9 Å². The summed E-state index contributed by atoms with van der Waals surface area (Å²) in [4.78, 5) is 62.3. The molecule has 2 rings (SSSR count). The molecule has 2 aliphatic heterocycles. The van der Waals surface area contributed by atoms with Crippen molar-refractivity contribution in [3.63, 3.8) is 0 Å². The predicted octanol–water partition coefficient (Wildman–Crippen LogP) is 8.25. The van der Waals surface area contributed by atoms with Crippen LogP contribution >= 0.6 is 0 Å². The van der Waals surface area contributed by atoms with Gasteiger partial charge in [0.15, 0.2) is 0 Å². The fourth-order valence-corrected chi connectivity index (χ4v) is 7.18. The van der Waals surface area contributed by atoms with E-state index >= 15 is 0 Å². The molecule has 0 aliphatic carbocycles. The second-order valence-corrected chi connectivity index (χ2v) is 18.8. The summed E-state index contributed by atoms with van der Waals surface area (Å²) in [6.07, 6.45) is 8.03. The Bertz CT molecular complexity index is 1000. The van der Waals surface area contributed by atoms with Crippen molar-refractivity contribution in [1.82, 2.24) is 10.1 Å². The van der Waals surface area contributed by atoms with Crippen molar-refractivity contribution in [3.8, 4) is 0 Å². The largest absolute Gasteiger partial charge is 0.462 e. The summed E-state index contributed by atoms with van der Waals surface area (Å²) in [6, 6.07) is 0. The minimum atomic E-state index is -0.609. The second kappa shape index (κ2) is 15.8. The number of hydrogen-bond donors (Lipinski definition) is 0. The lowest BCUT2D eigenvalue weighted by Crippen LogP contribution is -2.63. The number of unbranched alkanes of at least 4 members (excludes halogenated alkanes) is 5. The van der Waals surface area contributed by atoms with Gasteiger partial charge in [0.2, 0.25) is 0 Å². The Labute approximate surface area is 291 Å². The highest BCUT2D eigenvalue weighted by Gasteiger charge is 2.51. The summed E-state index contributed by atoms with van der Waals surface area (Å²) in [5, 5.41) is 3.58. The van der Waals surface area contributed by atoms with E-state index in [-0.39, 0.29) is 36.1 Å². The average molecular weight is 681 g/mol. The van der Waals surface area contributed by atoms with Crippen LogP contribution in [0.3, 0.4) is 0 Å². The number of hydrogen-bond acceptors (Lipinski definition) is 10. The molecule has 0 aromatic carbocycles. The first kappa shape index (κ1) is 42.0. The van der Waals surface area contributed by atoms with Gasteiger partial charge in [-0.2, -0.15) is 0 Å². The van der Waals surface area contributed by atoms with Gasteiger partial charge in [-0.05, 0) is 110 Å². The molecule has 0 spiro atoms. The molecule has 48 heavy (non-hydrogen) atoms. The third-order valence-electron chi connectivity index (χ3n) is 9.29. The molecular formula is C38H68N2O8. The first-order valence-corrected chi connectivity index (χ1v) is 18.1. The maximum atomic E-state index is 12.7. The van der Waals surface area contributed by atoms with Crippen LogP contribution in [-0.2, 0) is 38.3 Å². The standard InChI is InChI=1S/C38H68N2O8/c1-33(2,3)31(43)47-39-35(7,8)23-27(24-36(39,9)10)45-29(41)21-19-17-15-16-18-20-22-30(42)46-28-25-37(11,12)40(38(13,14)26-28)48-32(44)34(4,5)6/h27-28H,15-26H2,1-14H3. The van der Waals surface area contributed by atoms with Gasteiger partial charge < -0.3 is 19.1 Å². The molecule has 0 atom stereocenters. The quantitative estimate of drug-likeness (QED) is 0.139. The molecule has 278 valence electrons. The van der Waals surface area contributed by atoms with Gasteiger partial charge in [-0.15, -0.1) is 10.1 Å². The zero-order valence-corrected chi connectivity index (χ0v) is 32.8. The average Bonchev–Trinajstić information content (AvgIpc) is 2.87. The van der Waals surface area contributed by atoms with E-state index in [0.29, 0.717) is 38.5 Å². The van der Waals surface area contributed by atoms with E-state index in [1.54, 1.807) is 10.1 Å². The number of nitrogens with zero attached hydrogens (tertiary/aromatic N) is 2. The Hall–Kier alpha value is -2.20. The zero-order valence-electron chi connectivity index (χ0n) is 32.8. The Kier molecular flexibility index (Phi) is 13.8. The van der Waals surface area contributed by atoms with Crippen molar-refractivity contribution in [2.45, 2.75) is 208 Å². The normalized spacial score (nSPS) is 21.7. The van der Waals surface area contributed by atoms with Crippen LogP contribution in [-0.4, -0.2) is 68.4 Å². The molecule has 0 aromatic rings. The van der Waals surface area contributed by atoms with Crippen LogP contribution in [0.25, 0.3) is 0 Å². The van der Waals surface area contributed by atoms with E-state index in [2.05, 4.69) is 0 Å². The Morgan fingerprint density at radius 1 is 0.500 bits per heavy atom. The molecule has 2 aliphatic rings. The zero-order chi connectivity index (χ0) is 36.9. The summed E-state index contributed by atoms with van der Waals surface area (Å²) < 4.78 is 11.8. The summed E-state index contributed by atoms with van der Waals surface area (Å²) in [7, 11) is 0. The van der Waals surface area contributed by atoms with Gasteiger partial charge in [0, 0.05) is 38.5 Å².